The standard InChI is InChI=1S/C16H21NO7/c1-3-5-6-10-23-15-12(17(21)22)9-8-11(16(19)20)14(15)24-13(18)7-4-2/h8-9H,3-7,10H2,1-2H3,(H,19,20). The smallest absolute Gasteiger partial charge is 0.339 e. The van der Waals surface area contributed by atoms with Gasteiger partial charge in [-0.15, -0.1) is 0 Å². The molecule has 0 saturated carbocycles. The summed E-state index contributed by atoms with van der Waals surface area (Å²) in [5.41, 5.74) is -0.786. The Bertz CT molecular complexity index is 613. The van der Waals surface area contributed by atoms with E-state index >= 15 is 0 Å². The zero-order chi connectivity index (χ0) is 18.1. The van der Waals surface area contributed by atoms with E-state index in [2.05, 4.69) is 0 Å². The van der Waals surface area contributed by atoms with Crippen LogP contribution in [-0.4, -0.2) is 28.6 Å². The molecular formula is C16H21NO7. The molecule has 24 heavy (non-hydrogen) atoms. The summed E-state index contributed by atoms with van der Waals surface area (Å²) in [5.74, 6) is -2.76. The van der Waals surface area contributed by atoms with Crippen molar-refractivity contribution in [2.45, 2.75) is 46.0 Å². The molecule has 0 unspecified atom stereocenters. The van der Waals surface area contributed by atoms with Gasteiger partial charge in [0, 0.05) is 12.5 Å². The van der Waals surface area contributed by atoms with E-state index in [9.17, 15) is 24.8 Å². The van der Waals surface area contributed by atoms with Gasteiger partial charge in [-0.3, -0.25) is 14.9 Å². The fraction of sp³-hybridized carbons (Fsp3) is 0.500. The van der Waals surface area contributed by atoms with Crippen LogP contribution in [0.3, 0.4) is 0 Å². The molecule has 0 aliphatic carbocycles. The van der Waals surface area contributed by atoms with Gasteiger partial charge in [-0.2, -0.15) is 0 Å². The van der Waals surface area contributed by atoms with E-state index in [1.165, 1.54) is 0 Å². The summed E-state index contributed by atoms with van der Waals surface area (Å²) < 4.78 is 10.5. The predicted molar refractivity (Wildman–Crippen MR) is 85.6 cm³/mol. The van der Waals surface area contributed by atoms with Crippen LogP contribution in [0.1, 0.15) is 56.3 Å². The number of hydrogen-bond donors (Lipinski definition) is 1. The lowest BCUT2D eigenvalue weighted by Crippen LogP contribution is -2.13. The summed E-state index contributed by atoms with van der Waals surface area (Å²) in [6.45, 7) is 3.91. The number of benzene rings is 1. The van der Waals surface area contributed by atoms with Crippen molar-refractivity contribution in [1.29, 1.82) is 0 Å². The highest BCUT2D eigenvalue weighted by molar-refractivity contribution is 5.94. The Labute approximate surface area is 139 Å². The van der Waals surface area contributed by atoms with Crippen molar-refractivity contribution in [1.82, 2.24) is 0 Å². The molecule has 0 atom stereocenters. The van der Waals surface area contributed by atoms with E-state index in [1.54, 1.807) is 6.92 Å². The minimum Gasteiger partial charge on any atom is -0.484 e. The van der Waals surface area contributed by atoms with Crippen LogP contribution in [0.25, 0.3) is 0 Å². The molecule has 0 radical (unpaired) electrons. The number of carbonyl (C=O) groups is 2. The number of rotatable bonds is 10. The average molecular weight is 339 g/mol. The highest BCUT2D eigenvalue weighted by atomic mass is 16.6. The van der Waals surface area contributed by atoms with Crippen LogP contribution in [0, 0.1) is 10.1 Å². The van der Waals surface area contributed by atoms with Crippen molar-refractivity contribution in [3.63, 3.8) is 0 Å². The summed E-state index contributed by atoms with van der Waals surface area (Å²) >= 11 is 0. The molecule has 0 heterocycles. The number of nitrogens with zero attached hydrogens (tertiary/aromatic N) is 1. The quantitative estimate of drug-likeness (QED) is 0.228. The van der Waals surface area contributed by atoms with Gasteiger partial charge in [0.15, 0.2) is 5.75 Å². The van der Waals surface area contributed by atoms with Gasteiger partial charge in [-0.1, -0.05) is 26.7 Å². The van der Waals surface area contributed by atoms with Crippen LogP contribution in [0.4, 0.5) is 5.69 Å². The Morgan fingerprint density at radius 1 is 1.17 bits per heavy atom. The van der Waals surface area contributed by atoms with Gasteiger partial charge < -0.3 is 14.6 Å². The fourth-order valence-electron chi connectivity index (χ4n) is 2.00. The predicted octanol–water partition coefficient (Wildman–Crippen LogP) is 3.57. The second-order valence-electron chi connectivity index (χ2n) is 5.13. The SMILES string of the molecule is CCCCCOc1c([N+](=O)[O-])ccc(C(=O)O)c1OC(=O)CCC. The normalized spacial score (nSPS) is 10.2. The Balaban J connectivity index is 3.28. The van der Waals surface area contributed by atoms with Gasteiger partial charge in [0.25, 0.3) is 0 Å². The third-order valence-electron chi connectivity index (χ3n) is 3.18. The Kier molecular flexibility index (Phi) is 7.67. The first kappa shape index (κ1) is 19.4. The number of nitro benzene ring substituents is 1. The molecule has 1 N–H and O–H groups in total. The fourth-order valence-corrected chi connectivity index (χ4v) is 2.00. The molecular weight excluding hydrogens is 318 g/mol. The number of aromatic carboxylic acids is 1. The second-order valence-corrected chi connectivity index (χ2v) is 5.13. The average Bonchev–Trinajstić information content (AvgIpc) is 2.51. The molecule has 8 nitrogen and oxygen atoms in total. The first-order chi connectivity index (χ1) is 11.4. The molecule has 1 aromatic rings. The third kappa shape index (κ3) is 5.22. The summed E-state index contributed by atoms with van der Waals surface area (Å²) in [5, 5.41) is 20.4. The molecule has 1 rings (SSSR count). The van der Waals surface area contributed by atoms with Crippen LogP contribution in [0.2, 0.25) is 0 Å². The molecule has 0 bridgehead atoms. The second kappa shape index (κ2) is 9.49. The molecule has 0 aromatic heterocycles. The minimum absolute atomic E-state index is 0.0665. The van der Waals surface area contributed by atoms with Crippen molar-refractivity contribution < 1.29 is 29.1 Å². The third-order valence-corrected chi connectivity index (χ3v) is 3.18. The van der Waals surface area contributed by atoms with Crippen molar-refractivity contribution in [2.75, 3.05) is 6.61 Å². The Hall–Kier alpha value is -2.64. The number of hydrogen-bond acceptors (Lipinski definition) is 6. The molecule has 0 saturated heterocycles. The topological polar surface area (TPSA) is 116 Å². The van der Waals surface area contributed by atoms with Crippen molar-refractivity contribution in [2.24, 2.45) is 0 Å². The molecule has 0 aliphatic rings. The molecule has 0 aliphatic heterocycles. The summed E-state index contributed by atoms with van der Waals surface area (Å²) in [6.07, 6.45) is 3.00. The highest BCUT2D eigenvalue weighted by Gasteiger charge is 2.28. The number of nitro groups is 1. The van der Waals surface area contributed by atoms with Gasteiger partial charge in [0.05, 0.1) is 11.5 Å². The van der Waals surface area contributed by atoms with Gasteiger partial charge >= 0.3 is 17.6 Å². The zero-order valence-corrected chi connectivity index (χ0v) is 13.7. The molecule has 0 amide bonds. The van der Waals surface area contributed by atoms with E-state index < -0.39 is 28.3 Å². The molecule has 8 heteroatoms. The lowest BCUT2D eigenvalue weighted by atomic mass is 10.1. The van der Waals surface area contributed by atoms with Crippen molar-refractivity contribution >= 4 is 17.6 Å². The maximum atomic E-state index is 11.8. The van der Waals surface area contributed by atoms with Crippen molar-refractivity contribution in [3.8, 4) is 11.5 Å². The molecule has 132 valence electrons. The van der Waals surface area contributed by atoms with E-state index in [0.717, 1.165) is 25.0 Å². The Morgan fingerprint density at radius 2 is 1.88 bits per heavy atom. The lowest BCUT2D eigenvalue weighted by molar-refractivity contribution is -0.385. The van der Waals surface area contributed by atoms with Gasteiger partial charge in [-0.25, -0.2) is 4.79 Å². The first-order valence-corrected chi connectivity index (χ1v) is 7.80. The van der Waals surface area contributed by atoms with E-state index in [1.807, 2.05) is 6.92 Å². The molecule has 0 fully saturated rings. The summed E-state index contributed by atoms with van der Waals surface area (Å²) in [6, 6.07) is 2.07. The van der Waals surface area contributed by atoms with Gasteiger partial charge in [-0.05, 0) is 18.9 Å². The summed E-state index contributed by atoms with van der Waals surface area (Å²) in [7, 11) is 0. The summed E-state index contributed by atoms with van der Waals surface area (Å²) in [4.78, 5) is 33.6. The largest absolute Gasteiger partial charge is 0.484 e. The number of unbranched alkanes of at least 4 members (excludes halogenated alkanes) is 2. The number of ether oxygens (including phenoxy) is 2. The lowest BCUT2D eigenvalue weighted by Gasteiger charge is -2.14. The van der Waals surface area contributed by atoms with Crippen molar-refractivity contribution in [3.05, 3.63) is 27.8 Å². The van der Waals surface area contributed by atoms with Crippen LogP contribution >= 0.6 is 0 Å². The van der Waals surface area contributed by atoms with E-state index in [4.69, 9.17) is 9.47 Å². The zero-order valence-electron chi connectivity index (χ0n) is 13.7. The minimum atomic E-state index is -1.36. The van der Waals surface area contributed by atoms with Crippen LogP contribution in [-0.2, 0) is 4.79 Å². The maximum absolute atomic E-state index is 11.8. The van der Waals surface area contributed by atoms with E-state index in [-0.39, 0.29) is 24.3 Å². The molecule has 1 aromatic carbocycles. The van der Waals surface area contributed by atoms with E-state index in [0.29, 0.717) is 12.8 Å². The van der Waals surface area contributed by atoms with Gasteiger partial charge in [0.2, 0.25) is 5.75 Å². The van der Waals surface area contributed by atoms with Gasteiger partial charge in [0.1, 0.15) is 5.56 Å². The number of carboxylic acid groups (broad SMARTS) is 1. The van der Waals surface area contributed by atoms with Crippen LogP contribution < -0.4 is 9.47 Å². The first-order valence-electron chi connectivity index (χ1n) is 7.80. The monoisotopic (exact) mass is 339 g/mol. The Morgan fingerprint density at radius 3 is 2.42 bits per heavy atom. The number of carbonyl (C=O) groups excluding carboxylic acids is 1. The van der Waals surface area contributed by atoms with Crippen LogP contribution in [0.15, 0.2) is 12.1 Å². The van der Waals surface area contributed by atoms with Crippen LogP contribution in [0.5, 0.6) is 11.5 Å². The number of esters is 1. The highest BCUT2D eigenvalue weighted by Crippen LogP contribution is 2.40. The maximum Gasteiger partial charge on any atom is 0.339 e. The number of carboxylic acids is 1. The molecule has 0 spiro atoms.